The Balaban J connectivity index is 1.30. The number of aromatic nitrogens is 2. The third-order valence-electron chi connectivity index (χ3n) is 8.26. The number of piperidine rings is 2. The molecule has 2 fully saturated rings. The molecule has 0 bridgehead atoms. The molecule has 3 N–H and O–H groups in total. The van der Waals surface area contributed by atoms with E-state index in [2.05, 4.69) is 67.1 Å². The summed E-state index contributed by atoms with van der Waals surface area (Å²) in [5.41, 5.74) is 3.04. The molecule has 2 saturated heterocycles. The first kappa shape index (κ1) is 30.6. The summed E-state index contributed by atoms with van der Waals surface area (Å²) in [6, 6.07) is 13.5. The topological polar surface area (TPSA) is 112 Å². The molecule has 2 aliphatic heterocycles. The molecule has 226 valence electrons. The van der Waals surface area contributed by atoms with Gasteiger partial charge in [-0.15, -0.1) is 0 Å². The van der Waals surface area contributed by atoms with E-state index in [1.54, 1.807) is 26.4 Å². The van der Waals surface area contributed by atoms with Crippen molar-refractivity contribution in [3.63, 3.8) is 0 Å². The summed E-state index contributed by atoms with van der Waals surface area (Å²) in [7, 11) is 3.27. The van der Waals surface area contributed by atoms with Gasteiger partial charge in [0.2, 0.25) is 11.9 Å². The van der Waals surface area contributed by atoms with Gasteiger partial charge >= 0.3 is 0 Å². The van der Waals surface area contributed by atoms with Gasteiger partial charge < -0.3 is 30.5 Å². The Labute approximate surface area is 266 Å². The number of methoxy groups -OCH3 is 1. The van der Waals surface area contributed by atoms with Gasteiger partial charge in [0.25, 0.3) is 5.91 Å². The molecule has 2 unspecified atom stereocenters. The average Bonchev–Trinajstić information content (AvgIpc) is 3.06. The minimum absolute atomic E-state index is 0.0407. The lowest BCUT2D eigenvalue weighted by Crippen LogP contribution is -2.46. The molecule has 0 saturated carbocycles. The number of amides is 2. The molecule has 0 spiro atoms. The summed E-state index contributed by atoms with van der Waals surface area (Å²) in [6.45, 7) is 7.27. The summed E-state index contributed by atoms with van der Waals surface area (Å²) in [6.07, 6.45) is 7.67. The Morgan fingerprint density at radius 2 is 1.81 bits per heavy atom. The first-order valence-corrected chi connectivity index (χ1v) is 15.7. The quantitative estimate of drug-likeness (QED) is 0.197. The van der Waals surface area contributed by atoms with Crippen LogP contribution < -0.4 is 25.6 Å². The maximum Gasteiger partial charge on any atom is 0.253 e. The standard InChI is InChI=1S/C32H38IN7O3/c1-4-29(41)40-16-8-10-22(20-40)21-9-7-15-39(19-21)23-13-14-27(28(17-23)43-3)37-32-35-18-25(33)30(38-32)36-26-12-6-5-11-24(26)31(42)34-2/h4-6,11-14,17-18,21-22H,1,7-10,15-16,19-20H2,2-3H3,(H,34,42)(H2,35,36,37,38). The van der Waals surface area contributed by atoms with E-state index >= 15 is 0 Å². The van der Waals surface area contributed by atoms with Crippen LogP contribution in [-0.2, 0) is 4.79 Å². The van der Waals surface area contributed by atoms with Crippen molar-refractivity contribution < 1.29 is 14.3 Å². The van der Waals surface area contributed by atoms with Crippen LogP contribution in [0.1, 0.15) is 36.0 Å². The molecule has 2 atom stereocenters. The largest absolute Gasteiger partial charge is 0.494 e. The second-order valence-electron chi connectivity index (χ2n) is 10.9. The lowest BCUT2D eigenvalue weighted by molar-refractivity contribution is -0.128. The van der Waals surface area contributed by atoms with Crippen LogP contribution in [0, 0.1) is 15.4 Å². The SMILES string of the molecule is C=CC(=O)N1CCCC(C2CCCN(c3ccc(Nc4ncc(I)c(Nc5ccccc5C(=O)NC)n4)c(OC)c3)C2)C1. The third kappa shape index (κ3) is 7.20. The van der Waals surface area contributed by atoms with E-state index in [0.29, 0.717) is 40.6 Å². The van der Waals surface area contributed by atoms with Crippen molar-refractivity contribution in [2.24, 2.45) is 11.8 Å². The fourth-order valence-corrected chi connectivity index (χ4v) is 6.42. The number of likely N-dealkylation sites (tertiary alicyclic amines) is 1. The molecule has 3 aromatic rings. The Morgan fingerprint density at radius 3 is 2.58 bits per heavy atom. The van der Waals surface area contributed by atoms with Crippen LogP contribution in [0.4, 0.5) is 28.8 Å². The zero-order valence-electron chi connectivity index (χ0n) is 24.6. The van der Waals surface area contributed by atoms with Gasteiger partial charge in [-0.3, -0.25) is 9.59 Å². The maximum atomic E-state index is 12.3. The second-order valence-corrected chi connectivity index (χ2v) is 12.1. The maximum absolute atomic E-state index is 12.3. The molecule has 0 radical (unpaired) electrons. The van der Waals surface area contributed by atoms with Gasteiger partial charge in [0.05, 0.1) is 27.6 Å². The van der Waals surface area contributed by atoms with Gasteiger partial charge in [-0.05, 0) is 90.5 Å². The number of carbonyl (C=O) groups is 2. The number of hydrogen-bond acceptors (Lipinski definition) is 8. The predicted octanol–water partition coefficient (Wildman–Crippen LogP) is 5.58. The Hall–Kier alpha value is -3.87. The monoisotopic (exact) mass is 695 g/mol. The first-order chi connectivity index (χ1) is 20.9. The molecule has 2 amide bonds. The van der Waals surface area contributed by atoms with E-state index in [-0.39, 0.29) is 11.8 Å². The second kappa shape index (κ2) is 14.1. The van der Waals surface area contributed by atoms with Crippen LogP contribution in [0.25, 0.3) is 0 Å². The number of para-hydroxylation sites is 1. The number of rotatable bonds is 9. The zero-order chi connectivity index (χ0) is 30.3. The fraction of sp³-hybridized carbons (Fsp3) is 0.375. The molecule has 43 heavy (non-hydrogen) atoms. The van der Waals surface area contributed by atoms with Gasteiger partial charge in [-0.2, -0.15) is 4.98 Å². The van der Waals surface area contributed by atoms with E-state index in [9.17, 15) is 9.59 Å². The van der Waals surface area contributed by atoms with E-state index in [0.717, 1.165) is 60.4 Å². The smallest absolute Gasteiger partial charge is 0.253 e. The molecule has 3 heterocycles. The van der Waals surface area contributed by atoms with Crippen LogP contribution in [0.15, 0.2) is 61.3 Å². The van der Waals surface area contributed by atoms with Crippen molar-refractivity contribution in [2.75, 3.05) is 55.9 Å². The van der Waals surface area contributed by atoms with E-state index in [1.807, 2.05) is 29.2 Å². The molecule has 2 aliphatic rings. The van der Waals surface area contributed by atoms with E-state index in [4.69, 9.17) is 9.72 Å². The highest BCUT2D eigenvalue weighted by atomic mass is 127. The van der Waals surface area contributed by atoms with Crippen LogP contribution in [-0.4, -0.2) is 67.0 Å². The molecule has 0 aliphatic carbocycles. The molecule has 5 rings (SSSR count). The van der Waals surface area contributed by atoms with Crippen molar-refractivity contribution >= 4 is 63.2 Å². The van der Waals surface area contributed by atoms with Gasteiger partial charge in [-0.25, -0.2) is 4.98 Å². The van der Waals surface area contributed by atoms with Crippen LogP contribution in [0.3, 0.4) is 0 Å². The van der Waals surface area contributed by atoms with Crippen molar-refractivity contribution in [1.29, 1.82) is 0 Å². The number of ether oxygens (including phenoxy) is 1. The van der Waals surface area contributed by atoms with Crippen molar-refractivity contribution in [3.05, 3.63) is 70.5 Å². The summed E-state index contributed by atoms with van der Waals surface area (Å²) in [5, 5.41) is 9.26. The molecular weight excluding hydrogens is 657 g/mol. The number of halogens is 1. The Morgan fingerprint density at radius 1 is 1.05 bits per heavy atom. The van der Waals surface area contributed by atoms with Gasteiger partial charge in [0, 0.05) is 51.2 Å². The molecule has 11 heteroatoms. The third-order valence-corrected chi connectivity index (χ3v) is 9.05. The number of benzene rings is 2. The first-order valence-electron chi connectivity index (χ1n) is 14.6. The van der Waals surface area contributed by atoms with Crippen molar-refractivity contribution in [1.82, 2.24) is 20.2 Å². The van der Waals surface area contributed by atoms with Crippen LogP contribution in [0.5, 0.6) is 5.75 Å². The lowest BCUT2D eigenvalue weighted by atomic mass is 9.80. The summed E-state index contributed by atoms with van der Waals surface area (Å²) in [5.74, 6) is 2.59. The highest BCUT2D eigenvalue weighted by molar-refractivity contribution is 14.1. The van der Waals surface area contributed by atoms with E-state index < -0.39 is 0 Å². The Kier molecular flexibility index (Phi) is 10.0. The van der Waals surface area contributed by atoms with Crippen molar-refractivity contribution in [2.45, 2.75) is 25.7 Å². The highest BCUT2D eigenvalue weighted by Gasteiger charge is 2.32. The lowest BCUT2D eigenvalue weighted by Gasteiger charge is -2.42. The minimum Gasteiger partial charge on any atom is -0.494 e. The van der Waals surface area contributed by atoms with E-state index in [1.165, 1.54) is 12.5 Å². The van der Waals surface area contributed by atoms with Gasteiger partial charge in [-0.1, -0.05) is 18.7 Å². The van der Waals surface area contributed by atoms with Gasteiger partial charge in [0.1, 0.15) is 11.6 Å². The number of nitrogens with one attached hydrogen (secondary N) is 3. The zero-order valence-corrected chi connectivity index (χ0v) is 26.8. The number of hydrogen-bond donors (Lipinski definition) is 3. The molecular formula is C32H38IN7O3. The normalized spacial score (nSPS) is 18.5. The van der Waals surface area contributed by atoms with Crippen LogP contribution >= 0.6 is 22.6 Å². The average molecular weight is 696 g/mol. The molecule has 10 nitrogen and oxygen atoms in total. The predicted molar refractivity (Wildman–Crippen MR) is 179 cm³/mol. The molecule has 1 aromatic heterocycles. The summed E-state index contributed by atoms with van der Waals surface area (Å²) >= 11 is 2.17. The Bertz CT molecular complexity index is 1480. The molecule has 2 aromatic carbocycles. The number of nitrogens with zero attached hydrogens (tertiary/aromatic N) is 4. The van der Waals surface area contributed by atoms with Crippen molar-refractivity contribution in [3.8, 4) is 5.75 Å². The fourth-order valence-electron chi connectivity index (χ4n) is 6.02. The number of anilines is 5. The highest BCUT2D eigenvalue weighted by Crippen LogP contribution is 2.36. The summed E-state index contributed by atoms with van der Waals surface area (Å²) < 4.78 is 6.60. The van der Waals surface area contributed by atoms with Crippen LogP contribution in [0.2, 0.25) is 0 Å². The minimum atomic E-state index is -0.182. The van der Waals surface area contributed by atoms with Gasteiger partial charge in [0.15, 0.2) is 0 Å². The number of carbonyl (C=O) groups excluding carboxylic acids is 2. The summed E-state index contributed by atoms with van der Waals surface area (Å²) in [4.78, 5) is 38.1.